The fourth-order valence-electron chi connectivity index (χ4n) is 3.74. The van der Waals surface area contributed by atoms with E-state index < -0.39 is 5.91 Å². The van der Waals surface area contributed by atoms with Gasteiger partial charge in [0.05, 0.1) is 17.6 Å². The lowest BCUT2D eigenvalue weighted by atomic mass is 10.00. The Labute approximate surface area is 195 Å². The Morgan fingerprint density at radius 1 is 0.971 bits per heavy atom. The summed E-state index contributed by atoms with van der Waals surface area (Å²) >= 11 is 0. The molecule has 2 aromatic carbocycles. The molecule has 1 aliphatic rings. The third kappa shape index (κ3) is 5.02. The highest BCUT2D eigenvalue weighted by Crippen LogP contribution is 2.22. The van der Waals surface area contributed by atoms with Crippen molar-refractivity contribution in [2.24, 2.45) is 0 Å². The number of nitrogens with zero attached hydrogens (tertiary/aromatic N) is 2. The molecule has 0 unspecified atom stereocenters. The molecule has 2 heterocycles. The number of nitrogen functional groups attached to an aromatic ring is 1. The zero-order valence-electron chi connectivity index (χ0n) is 18.4. The van der Waals surface area contributed by atoms with Gasteiger partial charge < -0.3 is 26.8 Å². The summed E-state index contributed by atoms with van der Waals surface area (Å²) in [4.78, 5) is 45.6. The Balaban J connectivity index is 1.40. The summed E-state index contributed by atoms with van der Waals surface area (Å²) in [5.41, 5.74) is 7.44. The van der Waals surface area contributed by atoms with Crippen LogP contribution in [0.2, 0.25) is 0 Å². The topological polar surface area (TPSA) is 159 Å². The van der Waals surface area contributed by atoms with Gasteiger partial charge in [-0.1, -0.05) is 18.2 Å². The van der Waals surface area contributed by atoms with Gasteiger partial charge >= 0.3 is 0 Å². The number of nitrogens with two attached hydrogens (primary N) is 1. The van der Waals surface area contributed by atoms with E-state index in [4.69, 9.17) is 5.73 Å². The molecule has 0 saturated carbocycles. The number of nitrogens with one attached hydrogen (secondary N) is 3. The largest absolute Gasteiger partial charge is 0.507 e. The normalized spacial score (nSPS) is 17.2. The first-order valence-electron chi connectivity index (χ1n) is 10.7. The van der Waals surface area contributed by atoms with Crippen molar-refractivity contribution < 1.29 is 19.5 Å². The van der Waals surface area contributed by atoms with E-state index in [2.05, 4.69) is 25.9 Å². The summed E-state index contributed by atoms with van der Waals surface area (Å²) in [5, 5.41) is 19.0. The number of hydrogen-bond acceptors (Lipinski definition) is 8. The van der Waals surface area contributed by atoms with Crippen molar-refractivity contribution in [3.05, 3.63) is 82.7 Å². The van der Waals surface area contributed by atoms with Crippen LogP contribution in [0.25, 0.3) is 0 Å². The van der Waals surface area contributed by atoms with E-state index >= 15 is 0 Å². The monoisotopic (exact) mass is 460 g/mol. The van der Waals surface area contributed by atoms with Gasteiger partial charge in [-0.25, -0.2) is 9.97 Å². The molecule has 10 heteroatoms. The first kappa shape index (κ1) is 22.9. The number of carbonyl (C=O) groups excluding carboxylic acids is 3. The van der Waals surface area contributed by atoms with E-state index in [-0.39, 0.29) is 46.7 Å². The molecule has 0 aliphatic carbocycles. The lowest BCUT2D eigenvalue weighted by molar-refractivity contribution is 0.0894. The first-order chi connectivity index (χ1) is 16.3. The molecule has 3 aromatic rings. The van der Waals surface area contributed by atoms with Crippen molar-refractivity contribution in [1.29, 1.82) is 0 Å². The third-order valence-corrected chi connectivity index (χ3v) is 5.56. The minimum atomic E-state index is -0.413. The Kier molecular flexibility index (Phi) is 6.51. The summed E-state index contributed by atoms with van der Waals surface area (Å²) in [7, 11) is 0. The number of aryl methyl sites for hydroxylation is 1. The van der Waals surface area contributed by atoms with Crippen LogP contribution < -0.4 is 21.7 Å². The molecule has 1 saturated heterocycles. The maximum atomic E-state index is 12.8. The molecule has 34 heavy (non-hydrogen) atoms. The van der Waals surface area contributed by atoms with Crippen molar-refractivity contribution in [2.75, 3.05) is 18.8 Å². The van der Waals surface area contributed by atoms with Gasteiger partial charge in [0, 0.05) is 30.4 Å². The van der Waals surface area contributed by atoms with Crippen LogP contribution in [0.15, 0.2) is 54.7 Å². The number of benzene rings is 2. The standard InChI is InChI=1S/C24H24N6O4/c1-13-2-7-16(20(31)10-13)21(32)14-3-5-15(6-4-14)22(33)28-18-11-26-12-19(18)29-23(34)17-8-9-27-24(25)30-17/h2-10,18-19,26,31H,11-12H2,1H3,(H,28,33)(H,29,34)(H2,25,27,30)/t18-,19-/m1/s1. The van der Waals surface area contributed by atoms with Crippen LogP contribution >= 0.6 is 0 Å². The van der Waals surface area contributed by atoms with E-state index in [9.17, 15) is 19.5 Å². The molecule has 0 bridgehead atoms. The molecule has 2 amide bonds. The van der Waals surface area contributed by atoms with E-state index in [1.165, 1.54) is 18.3 Å². The fraction of sp³-hybridized carbons (Fsp3) is 0.208. The molecule has 0 radical (unpaired) electrons. The van der Waals surface area contributed by atoms with Gasteiger partial charge in [-0.05, 0) is 42.8 Å². The van der Waals surface area contributed by atoms with Gasteiger partial charge in [0.25, 0.3) is 11.8 Å². The van der Waals surface area contributed by atoms with Crippen LogP contribution in [0.4, 0.5) is 5.95 Å². The number of amides is 2. The quantitative estimate of drug-likeness (QED) is 0.338. The number of phenols is 1. The van der Waals surface area contributed by atoms with Gasteiger partial charge in [-0.15, -0.1) is 0 Å². The lowest BCUT2D eigenvalue weighted by Crippen LogP contribution is -2.51. The second-order valence-corrected chi connectivity index (χ2v) is 8.05. The lowest BCUT2D eigenvalue weighted by Gasteiger charge is -2.21. The molecule has 1 fully saturated rings. The Morgan fingerprint density at radius 3 is 2.26 bits per heavy atom. The average molecular weight is 460 g/mol. The minimum Gasteiger partial charge on any atom is -0.507 e. The third-order valence-electron chi connectivity index (χ3n) is 5.56. The summed E-state index contributed by atoms with van der Waals surface area (Å²) in [6.07, 6.45) is 1.40. The molecular formula is C24H24N6O4. The van der Waals surface area contributed by atoms with Crippen LogP contribution in [0.5, 0.6) is 5.75 Å². The Bertz CT molecular complexity index is 1240. The predicted octanol–water partition coefficient (Wildman–Crippen LogP) is 0.804. The van der Waals surface area contributed by atoms with Crippen LogP contribution in [0, 0.1) is 6.92 Å². The Morgan fingerprint density at radius 2 is 1.62 bits per heavy atom. The molecule has 10 nitrogen and oxygen atoms in total. The summed E-state index contributed by atoms with van der Waals surface area (Å²) < 4.78 is 0. The van der Waals surface area contributed by atoms with Gasteiger partial charge in [0.1, 0.15) is 11.4 Å². The summed E-state index contributed by atoms with van der Waals surface area (Å²) in [5.74, 6) is -1.17. The SMILES string of the molecule is Cc1ccc(C(=O)c2ccc(C(=O)N[C@@H]3CNC[C@H]3NC(=O)c3ccnc(N)n3)cc2)c(O)c1. The summed E-state index contributed by atoms with van der Waals surface area (Å²) in [6.45, 7) is 2.78. The maximum absolute atomic E-state index is 12.8. The maximum Gasteiger partial charge on any atom is 0.270 e. The number of hydrogen-bond donors (Lipinski definition) is 5. The zero-order valence-corrected chi connectivity index (χ0v) is 18.4. The fourth-order valence-corrected chi connectivity index (χ4v) is 3.74. The van der Waals surface area contributed by atoms with Gasteiger partial charge in [0.15, 0.2) is 5.78 Å². The van der Waals surface area contributed by atoms with Crippen LogP contribution in [-0.4, -0.2) is 57.8 Å². The number of ketones is 1. The molecular weight excluding hydrogens is 436 g/mol. The van der Waals surface area contributed by atoms with Crippen LogP contribution in [0.1, 0.15) is 42.3 Å². The second-order valence-electron chi connectivity index (χ2n) is 8.05. The van der Waals surface area contributed by atoms with Crippen molar-refractivity contribution >= 4 is 23.5 Å². The molecule has 1 aromatic heterocycles. The summed E-state index contributed by atoms with van der Waals surface area (Å²) in [6, 6.07) is 11.8. The molecule has 1 aliphatic heterocycles. The van der Waals surface area contributed by atoms with Gasteiger partial charge in [0.2, 0.25) is 5.95 Å². The molecule has 2 atom stereocenters. The molecule has 0 spiro atoms. The average Bonchev–Trinajstić information content (AvgIpc) is 3.25. The molecule has 4 rings (SSSR count). The highest BCUT2D eigenvalue weighted by Gasteiger charge is 2.30. The van der Waals surface area contributed by atoms with Crippen molar-refractivity contribution in [3.63, 3.8) is 0 Å². The highest BCUT2D eigenvalue weighted by atomic mass is 16.3. The van der Waals surface area contributed by atoms with Gasteiger partial charge in [-0.2, -0.15) is 0 Å². The van der Waals surface area contributed by atoms with Crippen molar-refractivity contribution in [3.8, 4) is 5.75 Å². The zero-order chi connectivity index (χ0) is 24.2. The minimum absolute atomic E-state index is 0.00145. The van der Waals surface area contributed by atoms with E-state index in [1.807, 2.05) is 6.92 Å². The van der Waals surface area contributed by atoms with E-state index in [0.717, 1.165) is 5.56 Å². The van der Waals surface area contributed by atoms with Crippen molar-refractivity contribution in [1.82, 2.24) is 25.9 Å². The number of phenolic OH excluding ortho intramolecular Hbond substituents is 1. The number of rotatable bonds is 6. The van der Waals surface area contributed by atoms with Crippen LogP contribution in [0.3, 0.4) is 0 Å². The number of aromatic nitrogens is 2. The first-order valence-corrected chi connectivity index (χ1v) is 10.7. The second kappa shape index (κ2) is 9.67. The molecule has 6 N–H and O–H groups in total. The van der Waals surface area contributed by atoms with Crippen molar-refractivity contribution in [2.45, 2.75) is 19.0 Å². The molecule has 174 valence electrons. The van der Waals surface area contributed by atoms with E-state index in [0.29, 0.717) is 24.2 Å². The highest BCUT2D eigenvalue weighted by molar-refractivity contribution is 6.11. The number of anilines is 1. The Hall–Kier alpha value is -4.31. The van der Waals surface area contributed by atoms with Gasteiger partial charge in [-0.3, -0.25) is 14.4 Å². The van der Waals surface area contributed by atoms with Crippen LogP contribution in [-0.2, 0) is 0 Å². The number of aromatic hydroxyl groups is 1. The predicted molar refractivity (Wildman–Crippen MR) is 125 cm³/mol. The van der Waals surface area contributed by atoms with E-state index in [1.54, 1.807) is 36.4 Å². The number of carbonyl (C=O) groups is 3. The smallest absolute Gasteiger partial charge is 0.270 e.